The molecule has 0 rings (SSSR count). The van der Waals surface area contributed by atoms with Crippen molar-refractivity contribution in [3.63, 3.8) is 0 Å². The number of ether oxygens (including phenoxy) is 1. The van der Waals surface area contributed by atoms with Gasteiger partial charge < -0.3 is 10.1 Å². The predicted octanol–water partition coefficient (Wildman–Crippen LogP) is 1.10. The first-order chi connectivity index (χ1) is 5.45. The van der Waals surface area contributed by atoms with E-state index in [-0.39, 0.29) is 24.7 Å². The van der Waals surface area contributed by atoms with Crippen LogP contribution in [0.3, 0.4) is 0 Å². The Labute approximate surface area is 73.8 Å². The van der Waals surface area contributed by atoms with Crippen LogP contribution in [0.25, 0.3) is 0 Å². The lowest BCUT2D eigenvalue weighted by Crippen LogP contribution is -2.39. The van der Waals surface area contributed by atoms with Crippen LogP contribution < -0.4 is 5.32 Å². The normalized spacial score (nSPS) is 10.9. The third-order valence-electron chi connectivity index (χ3n) is 1.13. The Balaban J connectivity index is 3.51. The summed E-state index contributed by atoms with van der Waals surface area (Å²) in [6.45, 7) is 9.96. The van der Waals surface area contributed by atoms with Crippen molar-refractivity contribution < 1.29 is 9.53 Å². The maximum absolute atomic E-state index is 10.9. The van der Waals surface area contributed by atoms with E-state index >= 15 is 0 Å². The Kier molecular flexibility index (Phi) is 4.59. The molecule has 0 aliphatic rings. The van der Waals surface area contributed by atoms with Gasteiger partial charge in [0.2, 0.25) is 0 Å². The fourth-order valence-corrected chi connectivity index (χ4v) is 0.540. The molecular formula is C9H17NO2. The number of rotatable bonds is 4. The summed E-state index contributed by atoms with van der Waals surface area (Å²) in [5, 5.41) is 3.02. The lowest BCUT2D eigenvalue weighted by Gasteiger charge is -2.19. The summed E-state index contributed by atoms with van der Waals surface area (Å²) in [6.07, 6.45) is 1.55. The second kappa shape index (κ2) is 4.93. The molecule has 0 radical (unpaired) electrons. The molecule has 0 aromatic rings. The highest BCUT2D eigenvalue weighted by molar-refractivity contribution is 5.71. The second-order valence-electron chi connectivity index (χ2n) is 3.58. The fourth-order valence-electron chi connectivity index (χ4n) is 0.540. The number of carbonyl (C=O) groups excluding carboxylic acids is 1. The number of carbonyl (C=O) groups is 1. The molecule has 70 valence electrons. The van der Waals surface area contributed by atoms with Crippen molar-refractivity contribution in [2.75, 3.05) is 13.2 Å². The molecule has 12 heavy (non-hydrogen) atoms. The average Bonchev–Trinajstić information content (AvgIpc) is 1.95. The topological polar surface area (TPSA) is 38.3 Å². The van der Waals surface area contributed by atoms with Crippen molar-refractivity contribution in [1.82, 2.24) is 5.32 Å². The SMILES string of the molecule is C=CCOC(=O)CNC(C)(C)C. The van der Waals surface area contributed by atoms with Gasteiger partial charge in [-0.25, -0.2) is 0 Å². The first kappa shape index (κ1) is 11.2. The van der Waals surface area contributed by atoms with Crippen LogP contribution in [0, 0.1) is 0 Å². The van der Waals surface area contributed by atoms with Crippen molar-refractivity contribution in [3.05, 3.63) is 12.7 Å². The molecule has 0 saturated heterocycles. The van der Waals surface area contributed by atoms with Crippen LogP contribution in [0.2, 0.25) is 0 Å². The Morgan fingerprint density at radius 1 is 1.58 bits per heavy atom. The van der Waals surface area contributed by atoms with E-state index in [1.54, 1.807) is 6.08 Å². The molecule has 0 aliphatic heterocycles. The van der Waals surface area contributed by atoms with Crippen LogP contribution in [-0.4, -0.2) is 24.7 Å². The van der Waals surface area contributed by atoms with E-state index in [0.29, 0.717) is 0 Å². The van der Waals surface area contributed by atoms with Crippen molar-refractivity contribution in [3.8, 4) is 0 Å². The third-order valence-corrected chi connectivity index (χ3v) is 1.13. The summed E-state index contributed by atoms with van der Waals surface area (Å²) in [6, 6.07) is 0. The molecule has 0 aliphatic carbocycles. The highest BCUT2D eigenvalue weighted by atomic mass is 16.5. The van der Waals surface area contributed by atoms with E-state index in [1.165, 1.54) is 0 Å². The van der Waals surface area contributed by atoms with Crippen LogP contribution in [0.4, 0.5) is 0 Å². The van der Waals surface area contributed by atoms with E-state index in [0.717, 1.165) is 0 Å². The third kappa shape index (κ3) is 7.28. The molecule has 0 saturated carbocycles. The lowest BCUT2D eigenvalue weighted by molar-refractivity contribution is -0.141. The zero-order valence-corrected chi connectivity index (χ0v) is 8.02. The van der Waals surface area contributed by atoms with E-state index in [1.807, 2.05) is 20.8 Å². The van der Waals surface area contributed by atoms with Crippen molar-refractivity contribution in [1.29, 1.82) is 0 Å². The van der Waals surface area contributed by atoms with Gasteiger partial charge in [0.15, 0.2) is 0 Å². The maximum Gasteiger partial charge on any atom is 0.320 e. The van der Waals surface area contributed by atoms with Gasteiger partial charge in [-0.3, -0.25) is 4.79 Å². The Hall–Kier alpha value is -0.830. The highest BCUT2D eigenvalue weighted by Gasteiger charge is 2.11. The molecular weight excluding hydrogens is 154 g/mol. The van der Waals surface area contributed by atoms with Crippen LogP contribution in [0.5, 0.6) is 0 Å². The van der Waals surface area contributed by atoms with E-state index < -0.39 is 0 Å². The van der Waals surface area contributed by atoms with E-state index in [9.17, 15) is 4.79 Å². The van der Waals surface area contributed by atoms with Crippen molar-refractivity contribution >= 4 is 5.97 Å². The Morgan fingerprint density at radius 3 is 2.58 bits per heavy atom. The quantitative estimate of drug-likeness (QED) is 0.508. The van der Waals surface area contributed by atoms with Crippen LogP contribution in [0.15, 0.2) is 12.7 Å². The average molecular weight is 171 g/mol. The minimum Gasteiger partial charge on any atom is -0.461 e. The van der Waals surface area contributed by atoms with Gasteiger partial charge in [0.25, 0.3) is 0 Å². The van der Waals surface area contributed by atoms with Gasteiger partial charge in [-0.2, -0.15) is 0 Å². The zero-order valence-electron chi connectivity index (χ0n) is 8.02. The molecule has 0 spiro atoms. The second-order valence-corrected chi connectivity index (χ2v) is 3.58. The van der Waals surface area contributed by atoms with E-state index in [4.69, 9.17) is 4.74 Å². The summed E-state index contributed by atoms with van der Waals surface area (Å²) in [5.41, 5.74) is -0.0484. The van der Waals surface area contributed by atoms with Crippen LogP contribution in [0.1, 0.15) is 20.8 Å². The molecule has 0 amide bonds. The Bertz CT molecular complexity index is 158. The van der Waals surface area contributed by atoms with Gasteiger partial charge in [0.05, 0.1) is 6.54 Å². The number of esters is 1. The predicted molar refractivity (Wildman–Crippen MR) is 48.9 cm³/mol. The van der Waals surface area contributed by atoms with Gasteiger partial charge in [0, 0.05) is 5.54 Å². The summed E-state index contributed by atoms with van der Waals surface area (Å²) >= 11 is 0. The van der Waals surface area contributed by atoms with Crippen LogP contribution >= 0.6 is 0 Å². The molecule has 1 N–H and O–H groups in total. The standard InChI is InChI=1S/C9H17NO2/c1-5-6-12-8(11)7-10-9(2,3)4/h5,10H,1,6-7H2,2-4H3. The number of hydrogen-bond acceptors (Lipinski definition) is 3. The Morgan fingerprint density at radius 2 is 2.17 bits per heavy atom. The minimum atomic E-state index is -0.246. The summed E-state index contributed by atoms with van der Waals surface area (Å²) < 4.78 is 4.77. The molecule has 0 aromatic carbocycles. The maximum atomic E-state index is 10.9. The number of hydrogen-bond donors (Lipinski definition) is 1. The number of nitrogens with one attached hydrogen (secondary N) is 1. The molecule has 3 heteroatoms. The highest BCUT2D eigenvalue weighted by Crippen LogP contribution is 1.97. The first-order valence-electron chi connectivity index (χ1n) is 3.97. The summed E-state index contributed by atoms with van der Waals surface area (Å²) in [7, 11) is 0. The summed E-state index contributed by atoms with van der Waals surface area (Å²) in [4.78, 5) is 10.9. The van der Waals surface area contributed by atoms with Crippen molar-refractivity contribution in [2.45, 2.75) is 26.3 Å². The zero-order chi connectivity index (χ0) is 9.61. The minimum absolute atomic E-state index is 0.0484. The van der Waals surface area contributed by atoms with Gasteiger partial charge in [-0.05, 0) is 20.8 Å². The lowest BCUT2D eigenvalue weighted by atomic mass is 10.1. The molecule has 0 atom stereocenters. The molecule has 0 unspecified atom stereocenters. The first-order valence-corrected chi connectivity index (χ1v) is 3.97. The van der Waals surface area contributed by atoms with Gasteiger partial charge in [-0.1, -0.05) is 12.7 Å². The molecule has 0 heterocycles. The van der Waals surface area contributed by atoms with Gasteiger partial charge in [0.1, 0.15) is 6.61 Å². The van der Waals surface area contributed by atoms with Crippen molar-refractivity contribution in [2.24, 2.45) is 0 Å². The monoisotopic (exact) mass is 171 g/mol. The van der Waals surface area contributed by atoms with Gasteiger partial charge in [-0.15, -0.1) is 0 Å². The molecule has 0 bridgehead atoms. The van der Waals surface area contributed by atoms with E-state index in [2.05, 4.69) is 11.9 Å². The molecule has 0 aromatic heterocycles. The molecule has 3 nitrogen and oxygen atoms in total. The smallest absolute Gasteiger partial charge is 0.320 e. The largest absolute Gasteiger partial charge is 0.461 e. The fraction of sp³-hybridized carbons (Fsp3) is 0.667. The molecule has 0 fully saturated rings. The summed E-state index contributed by atoms with van der Waals surface area (Å²) in [5.74, 6) is -0.246. The van der Waals surface area contributed by atoms with Gasteiger partial charge >= 0.3 is 5.97 Å². The van der Waals surface area contributed by atoms with Crippen LogP contribution in [-0.2, 0) is 9.53 Å².